The number of nitrogens with zero attached hydrogens (tertiary/aromatic N) is 2. The molecule has 3 aromatic rings. The van der Waals surface area contributed by atoms with Crippen LogP contribution in [0.1, 0.15) is 42.2 Å². The number of carbonyl (C=O) groups excluding carboxylic acids is 1. The number of nitrogens with one attached hydrogen (secondary N) is 1. The first-order valence-electron chi connectivity index (χ1n) is 11.7. The number of aromatic nitrogens is 1. The zero-order chi connectivity index (χ0) is 25.4. The highest BCUT2D eigenvalue weighted by Crippen LogP contribution is 2.21. The smallest absolute Gasteiger partial charge is 0.227 e. The number of aliphatic hydroxyl groups is 1. The predicted molar refractivity (Wildman–Crippen MR) is 139 cm³/mol. The molecule has 5 N–H and O–H groups in total. The summed E-state index contributed by atoms with van der Waals surface area (Å²) < 4.78 is 0. The molecule has 1 amide bonds. The number of aromatic hydroxyl groups is 1. The van der Waals surface area contributed by atoms with E-state index in [-0.39, 0.29) is 17.7 Å². The highest BCUT2D eigenvalue weighted by molar-refractivity contribution is 6.30. The number of nitrogen functional groups attached to an aromatic ring is 1. The summed E-state index contributed by atoms with van der Waals surface area (Å²) in [4.78, 5) is 18.7. The van der Waals surface area contributed by atoms with Crippen molar-refractivity contribution in [1.82, 2.24) is 15.2 Å². The Balaban J connectivity index is 1.54. The number of amides is 1. The Morgan fingerprint density at radius 3 is 2.60 bits per heavy atom. The number of phenolic OH excluding ortho intramolecular Hbond substituents is 1. The maximum absolute atomic E-state index is 13.0. The van der Waals surface area contributed by atoms with Gasteiger partial charge < -0.3 is 26.2 Å². The monoisotopic (exact) mass is 496 g/mol. The molecule has 0 saturated carbocycles. The number of likely N-dealkylation sites (N-methyl/N-ethyl adjacent to an activating group) is 1. The van der Waals surface area contributed by atoms with Crippen molar-refractivity contribution in [2.24, 2.45) is 0 Å². The molecule has 0 aliphatic rings. The van der Waals surface area contributed by atoms with E-state index < -0.39 is 6.10 Å². The summed E-state index contributed by atoms with van der Waals surface area (Å²) in [5, 5.41) is 23.9. The lowest BCUT2D eigenvalue weighted by molar-refractivity contribution is -0.130. The Morgan fingerprint density at radius 2 is 1.91 bits per heavy atom. The number of phenols is 1. The third-order valence-corrected chi connectivity index (χ3v) is 6.01. The van der Waals surface area contributed by atoms with E-state index in [4.69, 9.17) is 17.3 Å². The van der Waals surface area contributed by atoms with Crippen molar-refractivity contribution in [3.05, 3.63) is 88.1 Å². The number of hydrogen-bond acceptors (Lipinski definition) is 6. The SMILES string of the molecule is CCN(Cc1cc(O)cc(Cl)c1)C(=O)Cc1cccc(C[C@@H](C)NC[C@@H](O)c2ccc(N)nc2)c1. The van der Waals surface area contributed by atoms with Crippen molar-refractivity contribution in [2.75, 3.05) is 18.8 Å². The predicted octanol–water partition coefficient (Wildman–Crippen LogP) is 3.87. The van der Waals surface area contributed by atoms with Crippen LogP contribution >= 0.6 is 11.6 Å². The molecule has 0 bridgehead atoms. The maximum atomic E-state index is 13.0. The van der Waals surface area contributed by atoms with Crippen LogP contribution < -0.4 is 11.1 Å². The molecule has 8 heteroatoms. The molecule has 0 spiro atoms. The van der Waals surface area contributed by atoms with Crippen LogP contribution in [0.5, 0.6) is 5.75 Å². The Morgan fingerprint density at radius 1 is 1.14 bits per heavy atom. The number of pyridine rings is 1. The summed E-state index contributed by atoms with van der Waals surface area (Å²) in [6, 6.07) is 16.4. The normalized spacial score (nSPS) is 12.8. The molecule has 0 aliphatic heterocycles. The van der Waals surface area contributed by atoms with Gasteiger partial charge in [0.15, 0.2) is 0 Å². The zero-order valence-corrected chi connectivity index (χ0v) is 20.9. The van der Waals surface area contributed by atoms with Crippen molar-refractivity contribution in [3.63, 3.8) is 0 Å². The maximum Gasteiger partial charge on any atom is 0.227 e. The summed E-state index contributed by atoms with van der Waals surface area (Å²) in [5.74, 6) is 0.520. The van der Waals surface area contributed by atoms with Crippen LogP contribution in [0.25, 0.3) is 0 Å². The van der Waals surface area contributed by atoms with Gasteiger partial charge in [-0.15, -0.1) is 0 Å². The number of nitrogens with two attached hydrogens (primary N) is 1. The van der Waals surface area contributed by atoms with Crippen molar-refractivity contribution in [2.45, 2.75) is 45.4 Å². The largest absolute Gasteiger partial charge is 0.508 e. The number of hydrogen-bond donors (Lipinski definition) is 4. The molecule has 0 radical (unpaired) electrons. The molecule has 2 atom stereocenters. The van der Waals surface area contributed by atoms with Crippen LogP contribution in [0, 0.1) is 0 Å². The Hall–Kier alpha value is -3.13. The lowest BCUT2D eigenvalue weighted by atomic mass is 10.0. The van der Waals surface area contributed by atoms with E-state index in [0.717, 1.165) is 23.1 Å². The first kappa shape index (κ1) is 26.5. The van der Waals surface area contributed by atoms with Gasteiger partial charge in [0.1, 0.15) is 11.6 Å². The van der Waals surface area contributed by atoms with Gasteiger partial charge in [0.05, 0.1) is 12.5 Å². The van der Waals surface area contributed by atoms with Gasteiger partial charge in [-0.3, -0.25) is 4.79 Å². The first-order valence-corrected chi connectivity index (χ1v) is 12.1. The second kappa shape index (κ2) is 12.5. The highest BCUT2D eigenvalue weighted by Gasteiger charge is 2.15. The number of halogens is 1. The summed E-state index contributed by atoms with van der Waals surface area (Å²) in [6.45, 7) is 5.33. The van der Waals surface area contributed by atoms with Crippen molar-refractivity contribution >= 4 is 23.3 Å². The molecule has 1 heterocycles. The second-order valence-corrected chi connectivity index (χ2v) is 9.20. The molecule has 0 unspecified atom stereocenters. The van der Waals surface area contributed by atoms with E-state index in [1.54, 1.807) is 35.4 Å². The fraction of sp³-hybridized carbons (Fsp3) is 0.333. The lowest BCUT2D eigenvalue weighted by Crippen LogP contribution is -2.32. The minimum absolute atomic E-state index is 0.00974. The Bertz CT molecular complexity index is 1100. The lowest BCUT2D eigenvalue weighted by Gasteiger charge is -2.22. The van der Waals surface area contributed by atoms with Crippen LogP contribution in [0.3, 0.4) is 0 Å². The quantitative estimate of drug-likeness (QED) is 0.320. The third-order valence-electron chi connectivity index (χ3n) is 5.79. The fourth-order valence-electron chi connectivity index (χ4n) is 3.94. The van der Waals surface area contributed by atoms with E-state index >= 15 is 0 Å². The molecular weight excluding hydrogens is 464 g/mol. The molecule has 35 heavy (non-hydrogen) atoms. The number of carbonyl (C=O) groups is 1. The highest BCUT2D eigenvalue weighted by atomic mass is 35.5. The van der Waals surface area contributed by atoms with Gasteiger partial charge in [-0.2, -0.15) is 0 Å². The number of anilines is 1. The molecule has 0 fully saturated rings. The third kappa shape index (κ3) is 8.24. The van der Waals surface area contributed by atoms with Gasteiger partial charge in [0, 0.05) is 42.5 Å². The number of rotatable bonds is 11. The van der Waals surface area contributed by atoms with Gasteiger partial charge >= 0.3 is 0 Å². The molecule has 7 nitrogen and oxygen atoms in total. The van der Waals surface area contributed by atoms with Crippen LogP contribution in [0.4, 0.5) is 5.82 Å². The Labute approximate surface area is 211 Å². The van der Waals surface area contributed by atoms with Gasteiger partial charge in [-0.1, -0.05) is 41.9 Å². The van der Waals surface area contributed by atoms with E-state index in [2.05, 4.69) is 23.3 Å². The van der Waals surface area contributed by atoms with Gasteiger partial charge in [0.2, 0.25) is 5.91 Å². The molecule has 186 valence electrons. The summed E-state index contributed by atoms with van der Waals surface area (Å²) in [5.41, 5.74) is 9.16. The van der Waals surface area contributed by atoms with Crippen LogP contribution in [-0.2, 0) is 24.2 Å². The Kier molecular flexibility index (Phi) is 9.48. The van der Waals surface area contributed by atoms with Crippen LogP contribution in [0.15, 0.2) is 60.8 Å². The molecule has 1 aromatic heterocycles. The molecule has 0 saturated heterocycles. The molecule has 0 aliphatic carbocycles. The van der Waals surface area contributed by atoms with Gasteiger partial charge in [-0.05, 0) is 61.2 Å². The molecular formula is C27H33ClN4O3. The van der Waals surface area contributed by atoms with Crippen molar-refractivity contribution < 1.29 is 15.0 Å². The van der Waals surface area contributed by atoms with Crippen LogP contribution in [0.2, 0.25) is 5.02 Å². The summed E-state index contributed by atoms with van der Waals surface area (Å²) in [7, 11) is 0. The van der Waals surface area contributed by atoms with Crippen molar-refractivity contribution in [1.29, 1.82) is 0 Å². The zero-order valence-electron chi connectivity index (χ0n) is 20.1. The van der Waals surface area contributed by atoms with E-state index in [9.17, 15) is 15.0 Å². The summed E-state index contributed by atoms with van der Waals surface area (Å²) >= 11 is 6.03. The average molecular weight is 497 g/mol. The van der Waals surface area contributed by atoms with Crippen molar-refractivity contribution in [3.8, 4) is 5.75 Å². The van der Waals surface area contributed by atoms with E-state index in [0.29, 0.717) is 42.5 Å². The minimum Gasteiger partial charge on any atom is -0.508 e. The number of benzene rings is 2. The summed E-state index contributed by atoms with van der Waals surface area (Å²) in [6.07, 6.45) is 1.96. The molecule has 2 aromatic carbocycles. The second-order valence-electron chi connectivity index (χ2n) is 8.77. The average Bonchev–Trinajstić information content (AvgIpc) is 2.81. The number of aliphatic hydroxyl groups excluding tert-OH is 1. The van der Waals surface area contributed by atoms with E-state index in [1.807, 2.05) is 25.1 Å². The minimum atomic E-state index is -0.670. The first-order chi connectivity index (χ1) is 16.7. The topological polar surface area (TPSA) is 112 Å². The van der Waals surface area contributed by atoms with Gasteiger partial charge in [-0.25, -0.2) is 4.98 Å². The van der Waals surface area contributed by atoms with Crippen LogP contribution in [-0.4, -0.2) is 45.1 Å². The van der Waals surface area contributed by atoms with Gasteiger partial charge in [0.25, 0.3) is 0 Å². The van der Waals surface area contributed by atoms with E-state index in [1.165, 1.54) is 6.07 Å². The standard InChI is InChI=1S/C27H33ClN4O3/c1-3-32(17-21-11-23(28)14-24(33)12-21)27(35)13-20-6-4-5-19(10-20)9-18(2)30-16-25(34)22-7-8-26(29)31-15-22/h4-8,10-12,14-15,18,25,30,33-34H,3,9,13,16-17H2,1-2H3,(H2,29,31)/t18-,25-/m1/s1. The molecule has 3 rings (SSSR count). The fourth-order valence-corrected chi connectivity index (χ4v) is 4.20.